The number of carbonyl (C=O) groups excluding carboxylic acids is 2. The van der Waals surface area contributed by atoms with Crippen molar-refractivity contribution >= 4 is 40.3 Å². The van der Waals surface area contributed by atoms with Crippen LogP contribution in [0.1, 0.15) is 44.9 Å². The molecule has 2 aromatic carbocycles. The molecule has 2 fully saturated rings. The Labute approximate surface area is 188 Å². The standard InChI is InChI=1S/C25H30N4O3/c30-16-28(32)15-19(14-17-6-1-2-7-17)25(31)29-13-5-12-22(29)24-26-20-10-3-8-18-9-4-11-21(27-24)23(18)20/h3-4,8-11,16-17,19,22,32H,1-2,5-7,12-15H2,(H,26,27). The third-order valence-electron chi connectivity index (χ3n) is 7.21. The minimum Gasteiger partial charge on any atom is -0.341 e. The van der Waals surface area contributed by atoms with Gasteiger partial charge in [-0.3, -0.25) is 14.8 Å². The van der Waals surface area contributed by atoms with Gasteiger partial charge in [-0.2, -0.15) is 0 Å². The largest absolute Gasteiger partial charge is 0.341 e. The van der Waals surface area contributed by atoms with Crippen molar-refractivity contribution in [3.05, 3.63) is 36.4 Å². The smallest absolute Gasteiger partial charge is 0.233 e. The van der Waals surface area contributed by atoms with Gasteiger partial charge >= 0.3 is 0 Å². The van der Waals surface area contributed by atoms with Gasteiger partial charge in [0.1, 0.15) is 5.84 Å². The van der Waals surface area contributed by atoms with Gasteiger partial charge in [0.25, 0.3) is 0 Å². The Kier molecular flexibility index (Phi) is 5.83. The van der Waals surface area contributed by atoms with E-state index in [9.17, 15) is 14.8 Å². The minimum absolute atomic E-state index is 0.0156. The molecule has 1 aliphatic carbocycles. The predicted molar refractivity (Wildman–Crippen MR) is 124 cm³/mol. The lowest BCUT2D eigenvalue weighted by Crippen LogP contribution is -2.48. The van der Waals surface area contributed by atoms with Gasteiger partial charge in [0.05, 0.1) is 24.2 Å². The molecule has 32 heavy (non-hydrogen) atoms. The number of aliphatic imine (C=N–C) groups is 1. The molecule has 1 saturated carbocycles. The molecule has 2 N–H and O–H groups in total. The van der Waals surface area contributed by atoms with Gasteiger partial charge in [-0.05, 0) is 42.7 Å². The van der Waals surface area contributed by atoms with Crippen molar-refractivity contribution < 1.29 is 14.8 Å². The first-order chi connectivity index (χ1) is 15.6. The number of benzene rings is 2. The summed E-state index contributed by atoms with van der Waals surface area (Å²) in [5.74, 6) is 0.910. The highest BCUT2D eigenvalue weighted by molar-refractivity contribution is 6.15. The molecule has 2 aliphatic heterocycles. The van der Waals surface area contributed by atoms with Crippen LogP contribution in [-0.4, -0.2) is 52.5 Å². The summed E-state index contributed by atoms with van der Waals surface area (Å²) in [6.07, 6.45) is 7.50. The molecule has 2 heterocycles. The molecule has 2 amide bonds. The van der Waals surface area contributed by atoms with Crippen LogP contribution in [0.25, 0.3) is 10.8 Å². The molecular weight excluding hydrogens is 404 g/mol. The number of hydroxylamine groups is 2. The zero-order valence-electron chi connectivity index (χ0n) is 18.2. The number of carbonyl (C=O) groups is 2. The molecule has 7 nitrogen and oxygen atoms in total. The number of amides is 2. The summed E-state index contributed by atoms with van der Waals surface area (Å²) < 4.78 is 0. The summed E-state index contributed by atoms with van der Waals surface area (Å²) in [5.41, 5.74) is 1.95. The summed E-state index contributed by atoms with van der Waals surface area (Å²) in [6.45, 7) is 0.716. The Morgan fingerprint density at radius 2 is 1.97 bits per heavy atom. The van der Waals surface area contributed by atoms with Gasteiger partial charge in [0.2, 0.25) is 12.3 Å². The van der Waals surface area contributed by atoms with E-state index in [1.807, 2.05) is 23.1 Å². The third-order valence-corrected chi connectivity index (χ3v) is 7.21. The minimum atomic E-state index is -0.395. The quantitative estimate of drug-likeness (QED) is 0.386. The van der Waals surface area contributed by atoms with Crippen LogP contribution in [0.5, 0.6) is 0 Å². The fourth-order valence-corrected chi connectivity index (χ4v) is 5.69. The van der Waals surface area contributed by atoms with Crippen LogP contribution >= 0.6 is 0 Å². The lowest BCUT2D eigenvalue weighted by Gasteiger charge is -2.32. The second-order valence-electron chi connectivity index (χ2n) is 9.30. The second-order valence-corrected chi connectivity index (χ2v) is 9.30. The summed E-state index contributed by atoms with van der Waals surface area (Å²) in [4.78, 5) is 31.6. The van der Waals surface area contributed by atoms with Crippen molar-refractivity contribution in [3.8, 4) is 0 Å². The Morgan fingerprint density at radius 1 is 1.19 bits per heavy atom. The van der Waals surface area contributed by atoms with E-state index in [1.165, 1.54) is 12.8 Å². The molecule has 2 atom stereocenters. The van der Waals surface area contributed by atoms with Crippen LogP contribution in [-0.2, 0) is 9.59 Å². The van der Waals surface area contributed by atoms with E-state index in [0.29, 0.717) is 23.9 Å². The predicted octanol–water partition coefficient (Wildman–Crippen LogP) is 4.33. The zero-order valence-corrected chi connectivity index (χ0v) is 18.2. The van der Waals surface area contributed by atoms with Gasteiger partial charge in [-0.1, -0.05) is 49.9 Å². The molecule has 1 saturated heterocycles. The summed E-state index contributed by atoms with van der Waals surface area (Å²) in [7, 11) is 0. The van der Waals surface area contributed by atoms with E-state index in [-0.39, 0.29) is 18.5 Å². The van der Waals surface area contributed by atoms with Crippen molar-refractivity contribution in [2.75, 3.05) is 18.4 Å². The van der Waals surface area contributed by atoms with Gasteiger partial charge in [-0.25, -0.2) is 10.1 Å². The van der Waals surface area contributed by atoms with Crippen LogP contribution in [0.3, 0.4) is 0 Å². The van der Waals surface area contributed by atoms with E-state index in [4.69, 9.17) is 4.99 Å². The van der Waals surface area contributed by atoms with Crippen molar-refractivity contribution in [1.82, 2.24) is 9.96 Å². The average Bonchev–Trinajstić information content (AvgIpc) is 3.50. The normalized spacial score (nSPS) is 21.3. The van der Waals surface area contributed by atoms with Crippen LogP contribution in [0.4, 0.5) is 11.4 Å². The molecule has 5 rings (SSSR count). The van der Waals surface area contributed by atoms with Crippen molar-refractivity contribution in [1.29, 1.82) is 0 Å². The number of hydrogen-bond donors (Lipinski definition) is 2. The van der Waals surface area contributed by atoms with Crippen molar-refractivity contribution in [3.63, 3.8) is 0 Å². The summed E-state index contributed by atoms with van der Waals surface area (Å²) in [5, 5.41) is 16.2. The molecule has 0 spiro atoms. The number of rotatable bonds is 7. The van der Waals surface area contributed by atoms with Gasteiger partial charge in [0.15, 0.2) is 0 Å². The number of likely N-dealkylation sites (tertiary alicyclic amines) is 1. The number of amidine groups is 1. The Balaban J connectivity index is 1.40. The van der Waals surface area contributed by atoms with Gasteiger partial charge < -0.3 is 10.2 Å². The van der Waals surface area contributed by atoms with E-state index in [2.05, 4.69) is 23.5 Å². The van der Waals surface area contributed by atoms with Crippen molar-refractivity contribution in [2.24, 2.45) is 16.8 Å². The fourth-order valence-electron chi connectivity index (χ4n) is 5.69. The van der Waals surface area contributed by atoms with Crippen LogP contribution < -0.4 is 5.32 Å². The highest BCUT2D eigenvalue weighted by Crippen LogP contribution is 2.38. The SMILES string of the molecule is O=CN(O)CC(CC1CCCC1)C(=O)N1CCCC1C1=Nc2cccc3cccc(c23)N1. The Bertz CT molecular complexity index is 1040. The molecule has 2 unspecified atom stereocenters. The molecule has 3 aliphatic rings. The summed E-state index contributed by atoms with van der Waals surface area (Å²) >= 11 is 0. The molecule has 0 bridgehead atoms. The van der Waals surface area contributed by atoms with E-state index in [1.54, 1.807) is 0 Å². The Hall–Kier alpha value is -2.93. The maximum Gasteiger partial charge on any atom is 0.233 e. The first-order valence-electron chi connectivity index (χ1n) is 11.7. The van der Waals surface area contributed by atoms with Crippen LogP contribution in [0.15, 0.2) is 41.4 Å². The van der Waals surface area contributed by atoms with E-state index >= 15 is 0 Å². The van der Waals surface area contributed by atoms with E-state index in [0.717, 1.165) is 60.1 Å². The Morgan fingerprint density at radius 3 is 2.75 bits per heavy atom. The molecular formula is C25H30N4O3. The third kappa shape index (κ3) is 3.97. The second kappa shape index (κ2) is 8.90. The highest BCUT2D eigenvalue weighted by atomic mass is 16.5. The topological polar surface area (TPSA) is 85.2 Å². The fraction of sp³-hybridized carbons (Fsp3) is 0.480. The van der Waals surface area contributed by atoms with Gasteiger partial charge in [-0.15, -0.1) is 0 Å². The first-order valence-corrected chi connectivity index (χ1v) is 11.7. The van der Waals surface area contributed by atoms with Crippen molar-refractivity contribution in [2.45, 2.75) is 51.0 Å². The number of hydrogen-bond acceptors (Lipinski definition) is 5. The number of nitrogens with one attached hydrogen (secondary N) is 1. The molecule has 0 aromatic heterocycles. The lowest BCUT2D eigenvalue weighted by atomic mass is 9.91. The summed E-state index contributed by atoms with van der Waals surface area (Å²) in [6, 6.07) is 12.2. The number of nitrogens with zero attached hydrogens (tertiary/aromatic N) is 3. The lowest BCUT2D eigenvalue weighted by molar-refractivity contribution is -0.157. The molecule has 0 radical (unpaired) electrons. The molecule has 7 heteroatoms. The maximum atomic E-state index is 13.7. The monoisotopic (exact) mass is 434 g/mol. The van der Waals surface area contributed by atoms with Crippen LogP contribution in [0, 0.1) is 11.8 Å². The van der Waals surface area contributed by atoms with Gasteiger partial charge in [0, 0.05) is 17.6 Å². The molecule has 168 valence electrons. The first kappa shape index (κ1) is 20.9. The zero-order chi connectivity index (χ0) is 22.1. The molecule has 2 aromatic rings. The van der Waals surface area contributed by atoms with Crippen LogP contribution in [0.2, 0.25) is 0 Å². The highest BCUT2D eigenvalue weighted by Gasteiger charge is 2.38. The maximum absolute atomic E-state index is 13.7. The van der Waals surface area contributed by atoms with E-state index < -0.39 is 5.92 Å². The average molecular weight is 435 g/mol. The number of anilines is 1.